The van der Waals surface area contributed by atoms with Crippen LogP contribution in [0.4, 0.5) is 18.9 Å². The molecule has 2 N–H and O–H groups in total. The molecule has 6 heteroatoms. The molecule has 0 radical (unpaired) electrons. The van der Waals surface area contributed by atoms with Crippen molar-refractivity contribution in [1.82, 2.24) is 4.98 Å². The Labute approximate surface area is 119 Å². The van der Waals surface area contributed by atoms with Gasteiger partial charge in [0.25, 0.3) is 0 Å². The first-order valence-corrected chi connectivity index (χ1v) is 6.85. The van der Waals surface area contributed by atoms with Crippen LogP contribution in [-0.4, -0.2) is 17.8 Å². The Bertz CT molecular complexity index is 683. The van der Waals surface area contributed by atoms with E-state index in [0.29, 0.717) is 16.6 Å². The molecule has 3 rings (SSSR count). The first-order valence-electron chi connectivity index (χ1n) is 6.85. The predicted octanol–water partition coefficient (Wildman–Crippen LogP) is 3.64. The largest absolute Gasteiger partial charge is 0.482 e. The Hall–Kier alpha value is -1.98. The predicted molar refractivity (Wildman–Crippen MR) is 74.3 cm³/mol. The SMILES string of the molecule is Nc1c2c(nc3c(OCC(F)(F)F)cccc13)CCCC2. The molecule has 0 spiro atoms. The summed E-state index contributed by atoms with van der Waals surface area (Å²) in [5.41, 5.74) is 9.12. The van der Waals surface area contributed by atoms with Gasteiger partial charge in [-0.15, -0.1) is 0 Å². The molecule has 0 bridgehead atoms. The second kappa shape index (κ2) is 5.09. The Morgan fingerprint density at radius 1 is 1.19 bits per heavy atom. The number of hydrogen-bond acceptors (Lipinski definition) is 3. The molecule has 1 aliphatic rings. The van der Waals surface area contributed by atoms with Gasteiger partial charge in [-0.1, -0.05) is 12.1 Å². The number of nitrogens with two attached hydrogens (primary N) is 1. The maximum atomic E-state index is 12.3. The highest BCUT2D eigenvalue weighted by atomic mass is 19.4. The maximum Gasteiger partial charge on any atom is 0.422 e. The van der Waals surface area contributed by atoms with Crippen molar-refractivity contribution in [2.24, 2.45) is 0 Å². The van der Waals surface area contributed by atoms with E-state index in [1.165, 1.54) is 6.07 Å². The van der Waals surface area contributed by atoms with E-state index in [4.69, 9.17) is 10.5 Å². The summed E-state index contributed by atoms with van der Waals surface area (Å²) in [5.74, 6) is 0.130. The molecule has 0 fully saturated rings. The van der Waals surface area contributed by atoms with E-state index in [1.807, 2.05) is 0 Å². The first kappa shape index (κ1) is 14.0. The summed E-state index contributed by atoms with van der Waals surface area (Å²) in [7, 11) is 0. The van der Waals surface area contributed by atoms with Crippen LogP contribution in [-0.2, 0) is 12.8 Å². The van der Waals surface area contributed by atoms with Crippen molar-refractivity contribution < 1.29 is 17.9 Å². The number of halogens is 3. The molecule has 1 aromatic carbocycles. The number of fused-ring (bicyclic) bond motifs is 2. The van der Waals surface area contributed by atoms with Crippen molar-refractivity contribution >= 4 is 16.6 Å². The molecule has 1 heterocycles. The van der Waals surface area contributed by atoms with Crippen LogP contribution >= 0.6 is 0 Å². The smallest absolute Gasteiger partial charge is 0.422 e. The molecular formula is C15H15F3N2O. The van der Waals surface area contributed by atoms with E-state index in [0.717, 1.165) is 36.9 Å². The molecule has 1 aromatic heterocycles. The normalized spacial score (nSPS) is 15.0. The minimum absolute atomic E-state index is 0.130. The molecule has 1 aliphatic carbocycles. The Morgan fingerprint density at radius 3 is 2.71 bits per heavy atom. The van der Waals surface area contributed by atoms with Gasteiger partial charge in [0.15, 0.2) is 6.61 Å². The topological polar surface area (TPSA) is 48.1 Å². The number of benzene rings is 1. The highest BCUT2D eigenvalue weighted by Crippen LogP contribution is 2.35. The van der Waals surface area contributed by atoms with E-state index in [9.17, 15) is 13.2 Å². The maximum absolute atomic E-state index is 12.3. The second-order valence-electron chi connectivity index (χ2n) is 5.21. The zero-order valence-electron chi connectivity index (χ0n) is 11.3. The number of rotatable bonds is 2. The van der Waals surface area contributed by atoms with Gasteiger partial charge in [0.1, 0.15) is 11.3 Å². The number of ether oxygens (including phenoxy) is 1. The van der Waals surface area contributed by atoms with Crippen LogP contribution in [0.5, 0.6) is 5.75 Å². The van der Waals surface area contributed by atoms with Gasteiger partial charge in [0.05, 0.1) is 0 Å². The van der Waals surface area contributed by atoms with Gasteiger partial charge in [-0.2, -0.15) is 13.2 Å². The second-order valence-corrected chi connectivity index (χ2v) is 5.21. The average molecular weight is 296 g/mol. The molecule has 21 heavy (non-hydrogen) atoms. The number of para-hydroxylation sites is 1. The molecule has 0 saturated carbocycles. The van der Waals surface area contributed by atoms with Crippen molar-refractivity contribution in [2.75, 3.05) is 12.3 Å². The third-order valence-electron chi connectivity index (χ3n) is 3.69. The number of nitrogens with zero attached hydrogens (tertiary/aromatic N) is 1. The lowest BCUT2D eigenvalue weighted by Gasteiger charge is -2.19. The highest BCUT2D eigenvalue weighted by Gasteiger charge is 2.29. The van der Waals surface area contributed by atoms with E-state index >= 15 is 0 Å². The Morgan fingerprint density at radius 2 is 1.95 bits per heavy atom. The molecule has 0 atom stereocenters. The van der Waals surface area contributed by atoms with Crippen molar-refractivity contribution in [2.45, 2.75) is 31.9 Å². The summed E-state index contributed by atoms with van der Waals surface area (Å²) in [5, 5.41) is 0.662. The number of nitrogen functional groups attached to an aromatic ring is 1. The van der Waals surface area contributed by atoms with Crippen LogP contribution in [0, 0.1) is 0 Å². The molecule has 0 aliphatic heterocycles. The Balaban J connectivity index is 2.08. The van der Waals surface area contributed by atoms with Gasteiger partial charge in [-0.25, -0.2) is 4.98 Å². The van der Waals surface area contributed by atoms with E-state index in [-0.39, 0.29) is 5.75 Å². The zero-order chi connectivity index (χ0) is 15.0. The summed E-state index contributed by atoms with van der Waals surface area (Å²) < 4.78 is 41.9. The summed E-state index contributed by atoms with van der Waals surface area (Å²) in [4.78, 5) is 4.50. The standard InChI is InChI=1S/C15H15F3N2O/c16-15(17,18)8-21-12-7-3-5-10-13(19)9-4-1-2-6-11(9)20-14(10)12/h3,5,7H,1-2,4,6,8H2,(H2,19,20). The Kier molecular flexibility index (Phi) is 3.39. The lowest BCUT2D eigenvalue weighted by atomic mass is 9.93. The lowest BCUT2D eigenvalue weighted by molar-refractivity contribution is -0.153. The van der Waals surface area contributed by atoms with Gasteiger partial charge in [0, 0.05) is 16.8 Å². The number of pyridine rings is 1. The van der Waals surface area contributed by atoms with E-state index in [2.05, 4.69) is 4.98 Å². The molecular weight excluding hydrogens is 281 g/mol. The molecule has 0 unspecified atom stereocenters. The number of hydrogen-bond donors (Lipinski definition) is 1. The van der Waals surface area contributed by atoms with Crippen LogP contribution in [0.1, 0.15) is 24.1 Å². The summed E-state index contributed by atoms with van der Waals surface area (Å²) in [6, 6.07) is 4.91. The van der Waals surface area contributed by atoms with Crippen LogP contribution in [0.25, 0.3) is 10.9 Å². The minimum atomic E-state index is -4.37. The third kappa shape index (κ3) is 2.75. The van der Waals surface area contributed by atoms with E-state index < -0.39 is 12.8 Å². The highest BCUT2D eigenvalue weighted by molar-refractivity contribution is 5.95. The van der Waals surface area contributed by atoms with Gasteiger partial charge in [0.2, 0.25) is 0 Å². The van der Waals surface area contributed by atoms with Crippen LogP contribution < -0.4 is 10.5 Å². The van der Waals surface area contributed by atoms with Gasteiger partial charge in [-0.05, 0) is 37.3 Å². The van der Waals surface area contributed by atoms with Crippen molar-refractivity contribution in [3.8, 4) is 5.75 Å². The summed E-state index contributed by atoms with van der Waals surface area (Å²) in [6.07, 6.45) is -0.603. The number of anilines is 1. The summed E-state index contributed by atoms with van der Waals surface area (Å²) >= 11 is 0. The van der Waals surface area contributed by atoms with Gasteiger partial charge in [-0.3, -0.25) is 0 Å². The number of aryl methyl sites for hydroxylation is 1. The van der Waals surface area contributed by atoms with Crippen molar-refractivity contribution in [1.29, 1.82) is 0 Å². The van der Waals surface area contributed by atoms with Gasteiger partial charge >= 0.3 is 6.18 Å². The van der Waals surface area contributed by atoms with Crippen LogP contribution in [0.3, 0.4) is 0 Å². The summed E-state index contributed by atoms with van der Waals surface area (Å²) in [6.45, 7) is -1.33. The fourth-order valence-electron chi connectivity index (χ4n) is 2.73. The van der Waals surface area contributed by atoms with Crippen molar-refractivity contribution in [3.05, 3.63) is 29.5 Å². The molecule has 0 saturated heterocycles. The third-order valence-corrected chi connectivity index (χ3v) is 3.69. The first-order chi connectivity index (χ1) is 9.96. The minimum Gasteiger partial charge on any atom is -0.482 e. The number of alkyl halides is 3. The van der Waals surface area contributed by atoms with E-state index in [1.54, 1.807) is 12.1 Å². The fraction of sp³-hybridized carbons (Fsp3) is 0.400. The average Bonchev–Trinajstić information content (AvgIpc) is 2.45. The molecule has 2 aromatic rings. The number of aromatic nitrogens is 1. The molecule has 0 amide bonds. The van der Waals surface area contributed by atoms with Crippen LogP contribution in [0.15, 0.2) is 18.2 Å². The van der Waals surface area contributed by atoms with Crippen molar-refractivity contribution in [3.63, 3.8) is 0 Å². The monoisotopic (exact) mass is 296 g/mol. The zero-order valence-corrected chi connectivity index (χ0v) is 11.3. The quantitative estimate of drug-likeness (QED) is 0.920. The lowest BCUT2D eigenvalue weighted by Crippen LogP contribution is -2.19. The fourth-order valence-corrected chi connectivity index (χ4v) is 2.73. The van der Waals surface area contributed by atoms with Gasteiger partial charge < -0.3 is 10.5 Å². The van der Waals surface area contributed by atoms with Crippen LogP contribution in [0.2, 0.25) is 0 Å². The molecule has 112 valence electrons. The molecule has 3 nitrogen and oxygen atoms in total.